The molecule has 4 heterocycles. The number of aliphatic hydroxyl groups excluding tert-OH is 11. The molecular formula is C38H67N3O22. The van der Waals surface area contributed by atoms with Crippen LogP contribution in [0.5, 0.6) is 0 Å². The number of rotatable bonds is 18. The van der Waals surface area contributed by atoms with Crippen molar-refractivity contribution in [3.63, 3.8) is 0 Å². The number of carboxylic acids is 1. The molecule has 0 aliphatic carbocycles. The molecule has 366 valence electrons. The minimum absolute atomic E-state index is 0.0168. The van der Waals surface area contributed by atoms with Gasteiger partial charge in [0, 0.05) is 38.3 Å². The zero-order chi connectivity index (χ0) is 47.3. The molecule has 0 saturated carbocycles. The van der Waals surface area contributed by atoms with Crippen LogP contribution in [0.1, 0.15) is 54.4 Å². The monoisotopic (exact) mass is 917 g/mol. The van der Waals surface area contributed by atoms with Gasteiger partial charge in [-0.3, -0.25) is 9.59 Å². The van der Waals surface area contributed by atoms with Gasteiger partial charge in [-0.25, -0.2) is 4.79 Å². The maximum Gasteiger partial charge on any atom is 0.364 e. The zero-order valence-electron chi connectivity index (χ0n) is 35.9. The van der Waals surface area contributed by atoms with Gasteiger partial charge in [-0.2, -0.15) is 0 Å². The fraction of sp³-hybridized carbons (Fsp3) is 0.921. The summed E-state index contributed by atoms with van der Waals surface area (Å²) in [4.78, 5) is 37.8. The fourth-order valence-electron chi connectivity index (χ4n) is 8.31. The summed E-state index contributed by atoms with van der Waals surface area (Å²) in [5.41, 5.74) is -0.310. The molecule has 0 aromatic carbocycles. The van der Waals surface area contributed by atoms with Gasteiger partial charge in [0.2, 0.25) is 11.8 Å². The van der Waals surface area contributed by atoms with Crippen molar-refractivity contribution in [1.29, 1.82) is 0 Å². The minimum atomic E-state index is -3.09. The number of hydrogen-bond donors (Lipinski definition) is 15. The number of hydrogen-bond acceptors (Lipinski definition) is 22. The normalized spacial score (nSPS) is 42.2. The van der Waals surface area contributed by atoms with Crippen LogP contribution >= 0.6 is 0 Å². The molecular weight excluding hydrogens is 850 g/mol. The Morgan fingerprint density at radius 1 is 0.778 bits per heavy atom. The van der Waals surface area contributed by atoms with Gasteiger partial charge >= 0.3 is 5.97 Å². The lowest BCUT2D eigenvalue weighted by Gasteiger charge is -2.52. The van der Waals surface area contributed by atoms with E-state index in [9.17, 15) is 75.7 Å². The zero-order valence-corrected chi connectivity index (χ0v) is 35.9. The lowest BCUT2D eigenvalue weighted by molar-refractivity contribution is -0.382. The number of aliphatic hydroxyl groups is 11. The molecule has 21 atom stereocenters. The Morgan fingerprint density at radius 3 is 1.94 bits per heavy atom. The van der Waals surface area contributed by atoms with E-state index in [2.05, 4.69) is 16.0 Å². The number of carbonyl (C=O) groups excluding carboxylic acids is 2. The summed E-state index contributed by atoms with van der Waals surface area (Å²) in [5.74, 6) is -7.60. The van der Waals surface area contributed by atoms with Crippen LogP contribution in [0.3, 0.4) is 0 Å². The van der Waals surface area contributed by atoms with Crippen molar-refractivity contribution in [3.05, 3.63) is 0 Å². The van der Waals surface area contributed by atoms with Crippen LogP contribution in [0.2, 0.25) is 0 Å². The first-order chi connectivity index (χ1) is 29.4. The number of aliphatic carboxylic acids is 1. The first kappa shape index (κ1) is 53.3. The molecule has 0 spiro atoms. The fourth-order valence-corrected chi connectivity index (χ4v) is 8.31. The van der Waals surface area contributed by atoms with E-state index in [-0.39, 0.29) is 18.6 Å². The highest BCUT2D eigenvalue weighted by Crippen LogP contribution is 2.40. The van der Waals surface area contributed by atoms with Crippen molar-refractivity contribution < 1.29 is 109 Å². The number of carboxylic acid groups (broad SMARTS) is 1. The lowest BCUT2D eigenvalue weighted by Crippen LogP contribution is -2.71. The quantitative estimate of drug-likeness (QED) is 0.0568. The van der Waals surface area contributed by atoms with E-state index in [0.29, 0.717) is 6.54 Å². The summed E-state index contributed by atoms with van der Waals surface area (Å²) in [5, 5.41) is 137. The Balaban J connectivity index is 1.74. The average molecular weight is 918 g/mol. The molecule has 25 heteroatoms. The summed E-state index contributed by atoms with van der Waals surface area (Å²) in [6.45, 7) is 6.87. The highest BCUT2D eigenvalue weighted by atomic mass is 16.8. The van der Waals surface area contributed by atoms with Crippen LogP contribution in [0.4, 0.5) is 0 Å². The molecule has 63 heavy (non-hydrogen) atoms. The van der Waals surface area contributed by atoms with Crippen LogP contribution in [0.25, 0.3) is 0 Å². The van der Waals surface area contributed by atoms with Crippen molar-refractivity contribution in [1.82, 2.24) is 16.0 Å². The van der Waals surface area contributed by atoms with E-state index in [1.54, 1.807) is 0 Å². The molecule has 0 aromatic heterocycles. The third kappa shape index (κ3) is 12.8. The molecule has 2 amide bonds. The minimum Gasteiger partial charge on any atom is -0.477 e. The Bertz CT molecular complexity index is 1500. The summed E-state index contributed by atoms with van der Waals surface area (Å²) in [6, 6.07) is -2.79. The molecule has 4 rings (SSSR count). The molecule has 0 radical (unpaired) electrons. The lowest BCUT2D eigenvalue weighted by atomic mass is 9.79. The van der Waals surface area contributed by atoms with Crippen LogP contribution in [-0.4, -0.2) is 240 Å². The van der Waals surface area contributed by atoms with Gasteiger partial charge in [0.1, 0.15) is 67.1 Å². The number of carbonyl (C=O) groups is 3. The number of amides is 2. The van der Waals surface area contributed by atoms with Crippen molar-refractivity contribution in [3.8, 4) is 0 Å². The second-order valence-corrected chi connectivity index (χ2v) is 17.5. The first-order valence-electron chi connectivity index (χ1n) is 20.8. The van der Waals surface area contributed by atoms with Crippen LogP contribution in [-0.2, 0) is 47.5 Å². The predicted molar refractivity (Wildman–Crippen MR) is 208 cm³/mol. The summed E-state index contributed by atoms with van der Waals surface area (Å²) < 4.78 is 41.7. The second-order valence-electron chi connectivity index (χ2n) is 17.5. The van der Waals surface area contributed by atoms with E-state index in [4.69, 9.17) is 33.2 Å². The third-order valence-electron chi connectivity index (χ3n) is 11.5. The predicted octanol–water partition coefficient (Wildman–Crippen LogP) is -7.15. The maximum absolute atomic E-state index is 13.0. The van der Waals surface area contributed by atoms with Crippen LogP contribution in [0, 0.1) is 5.92 Å². The van der Waals surface area contributed by atoms with Gasteiger partial charge in [-0.1, -0.05) is 0 Å². The summed E-state index contributed by atoms with van der Waals surface area (Å²) in [6.07, 6.45) is -31.0. The highest BCUT2D eigenvalue weighted by Gasteiger charge is 2.60. The van der Waals surface area contributed by atoms with Gasteiger partial charge in [-0.15, -0.1) is 0 Å². The van der Waals surface area contributed by atoms with Gasteiger partial charge in [0.25, 0.3) is 5.79 Å². The molecule has 4 saturated heterocycles. The number of nitrogens with one attached hydrogen (secondary N) is 3. The van der Waals surface area contributed by atoms with Gasteiger partial charge < -0.3 is 110 Å². The number of ether oxygens (including phenoxy) is 7. The van der Waals surface area contributed by atoms with E-state index in [1.807, 2.05) is 20.8 Å². The smallest absolute Gasteiger partial charge is 0.364 e. The molecule has 4 aliphatic heterocycles. The van der Waals surface area contributed by atoms with Crippen molar-refractivity contribution >= 4 is 17.8 Å². The molecule has 0 bridgehead atoms. The van der Waals surface area contributed by atoms with Gasteiger partial charge in [0.05, 0.1) is 62.9 Å². The molecule has 0 aromatic rings. The van der Waals surface area contributed by atoms with Crippen molar-refractivity contribution in [2.45, 2.75) is 182 Å². The molecule has 4 aliphatic rings. The van der Waals surface area contributed by atoms with E-state index in [0.717, 1.165) is 6.92 Å². The van der Waals surface area contributed by atoms with E-state index >= 15 is 0 Å². The van der Waals surface area contributed by atoms with Gasteiger partial charge in [-0.05, 0) is 34.1 Å². The van der Waals surface area contributed by atoms with Crippen LogP contribution < -0.4 is 16.0 Å². The Hall–Kier alpha value is -2.35. The Labute approximate surface area is 363 Å². The molecule has 7 unspecified atom stereocenters. The molecule has 25 nitrogen and oxygen atoms in total. The SMILES string of the molecule is CC(=O)NC1[C@H](OCCNC(C)(C)C)OC(CO)[C@@H](O[C@@H]2OC(CO)[C@H](O)[C@H](O[C@]3(C(=O)O)C[C@@H](O)[C@@H](NC(C)=O)C([C@H](O)[C@H](O)CO)O3)C2O)[C@@H]1C[C@@H]1OC(C)[C@@H](O)[C@H](O)C1O. The van der Waals surface area contributed by atoms with Crippen molar-refractivity contribution in [2.75, 3.05) is 33.0 Å². The summed E-state index contributed by atoms with van der Waals surface area (Å²) in [7, 11) is 0. The van der Waals surface area contributed by atoms with E-state index < -0.39 is 172 Å². The summed E-state index contributed by atoms with van der Waals surface area (Å²) >= 11 is 0. The average Bonchev–Trinajstić information content (AvgIpc) is 3.21. The highest BCUT2D eigenvalue weighted by molar-refractivity contribution is 5.76. The third-order valence-corrected chi connectivity index (χ3v) is 11.5. The standard InChI is InChI=1S/C38H67N3O22/c1-14-25(49)29(53)27(51)20(58-14)9-17-23(40-15(2)45)34(57-8-7-39-37(4,5)6)60-22(13-44)31(17)61-35-30(54)33(28(52)21(12-43)59-35)63-38(36(55)56)10-18(47)24(41-16(3)46)32(62-38)26(50)19(48)11-42/h14,17-35,39,42-44,47-54H,7-13H2,1-6H3,(H,40,45)(H,41,46)(H,55,56)/t14?,17-,18-,19-,20+,21?,22?,23?,24-,25-,26-,27?,28+,29+,30?,31+,32?,33+,34-,35+,38+/m1/s1. The first-order valence-corrected chi connectivity index (χ1v) is 20.8. The Kier molecular flexibility index (Phi) is 19.0. The van der Waals surface area contributed by atoms with E-state index in [1.165, 1.54) is 13.8 Å². The van der Waals surface area contributed by atoms with Crippen molar-refractivity contribution in [2.24, 2.45) is 5.92 Å². The topological polar surface area (TPSA) is 395 Å². The molecule has 15 N–H and O–H groups in total. The van der Waals surface area contributed by atoms with Crippen LogP contribution in [0.15, 0.2) is 0 Å². The Morgan fingerprint density at radius 2 is 1.38 bits per heavy atom. The second kappa shape index (κ2) is 22.4. The maximum atomic E-state index is 13.0. The van der Waals surface area contributed by atoms with Gasteiger partial charge in [0.15, 0.2) is 12.6 Å². The molecule has 4 fully saturated rings. The largest absolute Gasteiger partial charge is 0.477 e.